The molecule has 3 nitrogen and oxygen atoms in total. The molecule has 0 aromatic rings. The Morgan fingerprint density at radius 1 is 0.667 bits per heavy atom. The van der Waals surface area contributed by atoms with Crippen molar-refractivity contribution in [1.82, 2.24) is 0 Å². The van der Waals surface area contributed by atoms with Gasteiger partial charge in [0.15, 0.2) is 0 Å². The fraction of sp³-hybridized carbons (Fsp3) is 0.800. The van der Waals surface area contributed by atoms with E-state index in [0.29, 0.717) is 13.2 Å². The second kappa shape index (κ2) is 11.1. The van der Waals surface area contributed by atoms with Crippen molar-refractivity contribution in [1.29, 1.82) is 0 Å². The van der Waals surface area contributed by atoms with Crippen LogP contribution in [0.15, 0.2) is 12.2 Å². The number of hydrogen-bond acceptors (Lipinski definition) is 3. The van der Waals surface area contributed by atoms with Gasteiger partial charge in [-0.15, -0.1) is 0 Å². The molecule has 0 aromatic heterocycles. The minimum Gasteiger partial charge on any atom is -0.434 e. The summed E-state index contributed by atoms with van der Waals surface area (Å²) in [5, 5.41) is 0. The van der Waals surface area contributed by atoms with Crippen LogP contribution in [0.4, 0.5) is 4.79 Å². The zero-order valence-electron chi connectivity index (χ0n) is 11.4. The third kappa shape index (κ3) is 9.08. The lowest BCUT2D eigenvalue weighted by molar-refractivity contribution is 0.0529. The van der Waals surface area contributed by atoms with Crippen molar-refractivity contribution in [3.05, 3.63) is 12.2 Å². The maximum absolute atomic E-state index is 11.2. The van der Waals surface area contributed by atoms with Gasteiger partial charge < -0.3 is 9.47 Å². The molecule has 18 heavy (non-hydrogen) atoms. The maximum atomic E-state index is 11.2. The van der Waals surface area contributed by atoms with Crippen molar-refractivity contribution in [2.75, 3.05) is 13.2 Å². The third-order valence-electron chi connectivity index (χ3n) is 3.14. The highest BCUT2D eigenvalue weighted by Crippen LogP contribution is 2.08. The summed E-state index contributed by atoms with van der Waals surface area (Å²) in [7, 11) is 0. The number of ether oxygens (including phenoxy) is 2. The molecule has 0 atom stereocenters. The molecule has 104 valence electrons. The van der Waals surface area contributed by atoms with E-state index in [4.69, 9.17) is 9.47 Å². The lowest BCUT2D eigenvalue weighted by Crippen LogP contribution is -2.09. The lowest BCUT2D eigenvalue weighted by Gasteiger charge is -2.05. The van der Waals surface area contributed by atoms with Gasteiger partial charge in [0.2, 0.25) is 0 Å². The van der Waals surface area contributed by atoms with Gasteiger partial charge >= 0.3 is 6.16 Å². The number of rotatable bonds is 0. The van der Waals surface area contributed by atoms with Crippen molar-refractivity contribution in [3.8, 4) is 0 Å². The molecule has 0 aromatic carbocycles. The Morgan fingerprint density at radius 3 is 1.61 bits per heavy atom. The van der Waals surface area contributed by atoms with E-state index >= 15 is 0 Å². The first-order chi connectivity index (χ1) is 8.89. The highest BCUT2D eigenvalue weighted by atomic mass is 16.7. The quantitative estimate of drug-likeness (QED) is 0.468. The molecule has 0 amide bonds. The predicted molar refractivity (Wildman–Crippen MR) is 72.6 cm³/mol. The molecule has 3 heteroatoms. The summed E-state index contributed by atoms with van der Waals surface area (Å²) in [6.45, 7) is 0.989. The van der Waals surface area contributed by atoms with Crippen LogP contribution >= 0.6 is 0 Å². The molecule has 0 bridgehead atoms. The molecule has 0 N–H and O–H groups in total. The van der Waals surface area contributed by atoms with Crippen molar-refractivity contribution in [2.24, 2.45) is 0 Å². The largest absolute Gasteiger partial charge is 0.508 e. The Kier molecular flexibility index (Phi) is 9.31. The fourth-order valence-electron chi connectivity index (χ4n) is 2.02. The van der Waals surface area contributed by atoms with Crippen LogP contribution in [-0.4, -0.2) is 19.4 Å². The standard InChI is InChI=1S/C15H26O3/c16-15-17-13-11-9-7-5-3-1-2-4-6-8-10-12-14-18-15/h1-2H,3-14H2/b2-1-. The van der Waals surface area contributed by atoms with Gasteiger partial charge in [0.05, 0.1) is 13.2 Å². The zero-order chi connectivity index (χ0) is 12.9. The third-order valence-corrected chi connectivity index (χ3v) is 3.14. The Morgan fingerprint density at radius 2 is 1.11 bits per heavy atom. The molecule has 0 radical (unpaired) electrons. The summed E-state index contributed by atoms with van der Waals surface area (Å²) in [6, 6.07) is 0. The van der Waals surface area contributed by atoms with Crippen LogP contribution in [0.5, 0.6) is 0 Å². The van der Waals surface area contributed by atoms with Crippen molar-refractivity contribution in [2.45, 2.75) is 64.2 Å². The molecular formula is C15H26O3. The number of carbonyl (C=O) groups is 1. The van der Waals surface area contributed by atoms with E-state index in [1.165, 1.54) is 38.5 Å². The first kappa shape index (κ1) is 15.1. The molecule has 0 unspecified atom stereocenters. The van der Waals surface area contributed by atoms with Gasteiger partial charge in [-0.25, -0.2) is 4.79 Å². The second-order valence-electron chi connectivity index (χ2n) is 4.82. The van der Waals surface area contributed by atoms with Gasteiger partial charge in [-0.05, 0) is 38.5 Å². The molecule has 1 aliphatic rings. The van der Waals surface area contributed by atoms with Gasteiger partial charge in [0, 0.05) is 0 Å². The van der Waals surface area contributed by atoms with E-state index in [2.05, 4.69) is 12.2 Å². The van der Waals surface area contributed by atoms with E-state index in [0.717, 1.165) is 25.7 Å². The zero-order valence-corrected chi connectivity index (χ0v) is 11.4. The monoisotopic (exact) mass is 254 g/mol. The second-order valence-corrected chi connectivity index (χ2v) is 4.82. The summed E-state index contributed by atoms with van der Waals surface area (Å²) < 4.78 is 9.98. The SMILES string of the molecule is O=C1OCCCCCC/C=C\CCCCCCO1. The molecule has 1 aliphatic heterocycles. The highest BCUT2D eigenvalue weighted by molar-refractivity contribution is 5.59. The van der Waals surface area contributed by atoms with E-state index in [1.807, 2.05) is 0 Å². The maximum Gasteiger partial charge on any atom is 0.508 e. The Hall–Kier alpha value is -0.990. The molecular weight excluding hydrogens is 228 g/mol. The van der Waals surface area contributed by atoms with E-state index in [9.17, 15) is 4.79 Å². The molecule has 0 fully saturated rings. The van der Waals surface area contributed by atoms with Crippen LogP contribution in [0.25, 0.3) is 0 Å². The summed E-state index contributed by atoms with van der Waals surface area (Å²) in [4.78, 5) is 11.2. The lowest BCUT2D eigenvalue weighted by atomic mass is 10.1. The van der Waals surface area contributed by atoms with Crippen LogP contribution in [0.3, 0.4) is 0 Å². The number of carbonyl (C=O) groups excluding carboxylic acids is 1. The summed E-state index contributed by atoms with van der Waals surface area (Å²) in [5.41, 5.74) is 0. The van der Waals surface area contributed by atoms with Crippen molar-refractivity contribution in [3.63, 3.8) is 0 Å². The fourth-order valence-corrected chi connectivity index (χ4v) is 2.02. The van der Waals surface area contributed by atoms with E-state index < -0.39 is 6.16 Å². The van der Waals surface area contributed by atoms with E-state index in [1.54, 1.807) is 0 Å². The normalized spacial score (nSPS) is 23.4. The molecule has 1 heterocycles. The van der Waals surface area contributed by atoms with Gasteiger partial charge in [0.25, 0.3) is 0 Å². The minimum atomic E-state index is -0.499. The summed E-state index contributed by atoms with van der Waals surface area (Å²) in [5.74, 6) is 0. The molecule has 1 rings (SSSR count). The molecule has 0 spiro atoms. The first-order valence-corrected chi connectivity index (χ1v) is 7.34. The van der Waals surface area contributed by atoms with E-state index in [-0.39, 0.29) is 0 Å². The summed E-state index contributed by atoms with van der Waals surface area (Å²) in [6.07, 6.45) is 15.5. The van der Waals surface area contributed by atoms with Crippen LogP contribution in [0.2, 0.25) is 0 Å². The van der Waals surface area contributed by atoms with Crippen LogP contribution in [0, 0.1) is 0 Å². The number of cyclic esters (lactones) is 2. The summed E-state index contributed by atoms with van der Waals surface area (Å²) >= 11 is 0. The molecule has 0 saturated carbocycles. The predicted octanol–water partition coefficient (Wildman–Crippen LogP) is 4.61. The van der Waals surface area contributed by atoms with Crippen LogP contribution < -0.4 is 0 Å². The number of allylic oxidation sites excluding steroid dienone is 2. The van der Waals surface area contributed by atoms with Crippen molar-refractivity contribution >= 4 is 6.16 Å². The van der Waals surface area contributed by atoms with Crippen LogP contribution in [0.1, 0.15) is 64.2 Å². The highest BCUT2D eigenvalue weighted by Gasteiger charge is 2.02. The van der Waals surface area contributed by atoms with Gasteiger partial charge in [-0.1, -0.05) is 37.8 Å². The smallest absolute Gasteiger partial charge is 0.434 e. The van der Waals surface area contributed by atoms with Crippen molar-refractivity contribution < 1.29 is 14.3 Å². The minimum absolute atomic E-state index is 0.495. The van der Waals surface area contributed by atoms with Crippen LogP contribution in [-0.2, 0) is 9.47 Å². The first-order valence-electron chi connectivity index (χ1n) is 7.34. The average molecular weight is 254 g/mol. The molecule has 0 aliphatic carbocycles. The molecule has 0 saturated heterocycles. The average Bonchev–Trinajstić information content (AvgIpc) is 2.37. The number of hydrogen-bond donors (Lipinski definition) is 0. The van der Waals surface area contributed by atoms with Gasteiger partial charge in [-0.2, -0.15) is 0 Å². The van der Waals surface area contributed by atoms with Gasteiger partial charge in [0.1, 0.15) is 0 Å². The Balaban J connectivity index is 2.17. The topological polar surface area (TPSA) is 35.5 Å². The van der Waals surface area contributed by atoms with Gasteiger partial charge in [-0.3, -0.25) is 0 Å². The Labute approximate surface area is 111 Å². The Bertz CT molecular complexity index is 214.